The van der Waals surface area contributed by atoms with E-state index in [2.05, 4.69) is 41.6 Å². The first-order valence-electron chi connectivity index (χ1n) is 7.04. The van der Waals surface area contributed by atoms with Crippen molar-refractivity contribution in [3.63, 3.8) is 0 Å². The summed E-state index contributed by atoms with van der Waals surface area (Å²) in [6.45, 7) is 4.20. The minimum atomic E-state index is 0.280. The van der Waals surface area contributed by atoms with E-state index in [0.29, 0.717) is 4.90 Å². The molecular weight excluding hydrogens is 283 g/mol. The number of rotatable bonds is 4. The van der Waals surface area contributed by atoms with Crippen LogP contribution in [0.1, 0.15) is 29.4 Å². The smallest absolute Gasteiger partial charge is 0.137 e. The molecule has 108 valence electrons. The number of imidazole rings is 1. The second kappa shape index (κ2) is 5.90. The molecule has 0 N–H and O–H groups in total. The summed E-state index contributed by atoms with van der Waals surface area (Å²) in [7, 11) is 0. The number of pyridine rings is 1. The molecule has 4 heteroatoms. The Morgan fingerprint density at radius 2 is 1.95 bits per heavy atom. The third-order valence-electron chi connectivity index (χ3n) is 3.60. The molecule has 0 fully saturated rings. The second-order valence-corrected chi connectivity index (χ2v) is 5.86. The monoisotopic (exact) mass is 300 g/mol. The van der Waals surface area contributed by atoms with Crippen LogP contribution in [-0.4, -0.2) is 9.38 Å². The van der Waals surface area contributed by atoms with Gasteiger partial charge in [0.25, 0.3) is 0 Å². The molecule has 0 spiro atoms. The molecule has 0 saturated heterocycles. The summed E-state index contributed by atoms with van der Waals surface area (Å²) in [4.78, 5) is 5.27. The quantitative estimate of drug-likeness (QED) is 0.690. The van der Waals surface area contributed by atoms with E-state index >= 15 is 0 Å². The molecule has 3 rings (SSSR count). The Morgan fingerprint density at radius 3 is 2.62 bits per heavy atom. The van der Waals surface area contributed by atoms with E-state index in [0.717, 1.165) is 24.2 Å². The van der Waals surface area contributed by atoms with Gasteiger partial charge in [0.05, 0.1) is 17.8 Å². The van der Waals surface area contributed by atoms with E-state index in [1.165, 1.54) is 16.8 Å². The van der Waals surface area contributed by atoms with Gasteiger partial charge in [0.15, 0.2) is 0 Å². The normalized spacial score (nSPS) is 11.2. The summed E-state index contributed by atoms with van der Waals surface area (Å²) < 4.78 is 14.6. The standard InChI is InChI=1S/C17H17FN2S/c1-3-14-11-20-15(8-12(2)9-17(20)19-14)10-13-4-6-16(21-18)7-5-13/h4-9,11H,3,10H2,1-2H3. The van der Waals surface area contributed by atoms with Gasteiger partial charge in [-0.2, -0.15) is 3.89 Å². The molecule has 2 nitrogen and oxygen atoms in total. The molecule has 0 aliphatic heterocycles. The van der Waals surface area contributed by atoms with Crippen LogP contribution in [0.15, 0.2) is 47.5 Å². The van der Waals surface area contributed by atoms with Crippen molar-refractivity contribution in [2.24, 2.45) is 0 Å². The fourth-order valence-corrected chi connectivity index (χ4v) is 2.77. The summed E-state index contributed by atoms with van der Waals surface area (Å²) >= 11 is 0.280. The maximum absolute atomic E-state index is 12.5. The SMILES string of the molecule is CCc1cn2c(Cc3ccc(SF)cc3)cc(C)cc2n1. The average molecular weight is 300 g/mol. The van der Waals surface area contributed by atoms with Crippen molar-refractivity contribution < 1.29 is 3.89 Å². The number of fused-ring (bicyclic) bond motifs is 1. The minimum Gasteiger partial charge on any atom is -0.303 e. The first kappa shape index (κ1) is 14.1. The Labute approximate surface area is 128 Å². The predicted molar refractivity (Wildman–Crippen MR) is 85.5 cm³/mol. The second-order valence-electron chi connectivity index (χ2n) is 5.24. The maximum atomic E-state index is 12.5. The van der Waals surface area contributed by atoms with Gasteiger partial charge in [-0.1, -0.05) is 19.1 Å². The third kappa shape index (κ3) is 2.95. The first-order valence-corrected chi connectivity index (χ1v) is 7.76. The summed E-state index contributed by atoms with van der Waals surface area (Å²) in [5.74, 6) is 0. The number of benzene rings is 1. The van der Waals surface area contributed by atoms with E-state index in [9.17, 15) is 3.89 Å². The van der Waals surface area contributed by atoms with Crippen molar-refractivity contribution in [3.05, 3.63) is 65.1 Å². The lowest BCUT2D eigenvalue weighted by atomic mass is 10.1. The lowest BCUT2D eigenvalue weighted by Gasteiger charge is -2.07. The van der Waals surface area contributed by atoms with Gasteiger partial charge < -0.3 is 4.40 Å². The molecule has 2 heterocycles. The van der Waals surface area contributed by atoms with Crippen molar-refractivity contribution in [1.82, 2.24) is 9.38 Å². The van der Waals surface area contributed by atoms with Crippen LogP contribution >= 0.6 is 12.1 Å². The van der Waals surface area contributed by atoms with E-state index < -0.39 is 0 Å². The Kier molecular flexibility index (Phi) is 3.97. The summed E-state index contributed by atoms with van der Waals surface area (Å²) in [6.07, 6.45) is 3.85. The molecule has 0 aliphatic carbocycles. The highest BCUT2D eigenvalue weighted by molar-refractivity contribution is 7.94. The van der Waals surface area contributed by atoms with Crippen molar-refractivity contribution >= 4 is 17.8 Å². The van der Waals surface area contributed by atoms with Crippen LogP contribution in [-0.2, 0) is 12.8 Å². The fraction of sp³-hybridized carbons (Fsp3) is 0.235. The molecule has 0 radical (unpaired) electrons. The minimum absolute atomic E-state index is 0.280. The largest absolute Gasteiger partial charge is 0.303 e. The molecule has 0 bridgehead atoms. The van der Waals surface area contributed by atoms with Gasteiger partial charge in [0, 0.05) is 23.2 Å². The predicted octanol–water partition coefficient (Wildman–Crippen LogP) is 4.77. The molecule has 21 heavy (non-hydrogen) atoms. The zero-order chi connectivity index (χ0) is 14.8. The number of aryl methyl sites for hydroxylation is 2. The van der Waals surface area contributed by atoms with Crippen LogP contribution in [0.25, 0.3) is 5.65 Å². The number of nitrogens with zero attached hydrogens (tertiary/aromatic N) is 2. The number of hydrogen-bond donors (Lipinski definition) is 0. The molecular formula is C17H17FN2S. The van der Waals surface area contributed by atoms with E-state index in [4.69, 9.17) is 0 Å². The van der Waals surface area contributed by atoms with Crippen molar-refractivity contribution in [3.8, 4) is 0 Å². The topological polar surface area (TPSA) is 17.3 Å². The Morgan fingerprint density at radius 1 is 1.19 bits per heavy atom. The Balaban J connectivity index is 2.00. The van der Waals surface area contributed by atoms with Crippen LogP contribution in [0.5, 0.6) is 0 Å². The summed E-state index contributed by atoms with van der Waals surface area (Å²) in [5.41, 5.74) is 5.69. The van der Waals surface area contributed by atoms with Gasteiger partial charge in [-0.05, 0) is 48.7 Å². The number of hydrogen-bond acceptors (Lipinski definition) is 2. The Bertz CT molecular complexity index is 762. The third-order valence-corrected chi connectivity index (χ3v) is 4.05. The molecule has 0 amide bonds. The van der Waals surface area contributed by atoms with E-state index in [1.807, 2.05) is 24.3 Å². The first-order chi connectivity index (χ1) is 10.2. The molecule has 2 aromatic heterocycles. The highest BCUT2D eigenvalue weighted by Crippen LogP contribution is 2.21. The molecule has 3 aromatic rings. The van der Waals surface area contributed by atoms with Gasteiger partial charge in [-0.3, -0.25) is 0 Å². The maximum Gasteiger partial charge on any atom is 0.137 e. The van der Waals surface area contributed by atoms with Crippen LogP contribution in [0.2, 0.25) is 0 Å². The molecule has 0 unspecified atom stereocenters. The molecule has 0 aliphatic rings. The van der Waals surface area contributed by atoms with E-state index in [1.54, 1.807) is 0 Å². The molecule has 0 saturated carbocycles. The van der Waals surface area contributed by atoms with Crippen LogP contribution in [0, 0.1) is 6.92 Å². The summed E-state index contributed by atoms with van der Waals surface area (Å²) in [5, 5.41) is 0. The van der Waals surface area contributed by atoms with Gasteiger partial charge >= 0.3 is 0 Å². The van der Waals surface area contributed by atoms with Crippen LogP contribution < -0.4 is 0 Å². The van der Waals surface area contributed by atoms with Gasteiger partial charge in [-0.15, -0.1) is 0 Å². The number of aromatic nitrogens is 2. The van der Waals surface area contributed by atoms with Gasteiger partial charge in [0.1, 0.15) is 5.65 Å². The average Bonchev–Trinajstić information content (AvgIpc) is 2.91. The number of halogens is 1. The summed E-state index contributed by atoms with van der Waals surface area (Å²) in [6, 6.07) is 11.9. The van der Waals surface area contributed by atoms with Gasteiger partial charge in [0.2, 0.25) is 0 Å². The lowest BCUT2D eigenvalue weighted by Crippen LogP contribution is -1.98. The highest BCUT2D eigenvalue weighted by Gasteiger charge is 2.07. The van der Waals surface area contributed by atoms with Gasteiger partial charge in [-0.25, -0.2) is 4.98 Å². The van der Waals surface area contributed by atoms with Crippen molar-refractivity contribution in [2.45, 2.75) is 31.6 Å². The zero-order valence-corrected chi connectivity index (χ0v) is 13.0. The Hall–Kier alpha value is -1.81. The van der Waals surface area contributed by atoms with Crippen LogP contribution in [0.4, 0.5) is 3.89 Å². The van der Waals surface area contributed by atoms with E-state index in [-0.39, 0.29) is 12.1 Å². The van der Waals surface area contributed by atoms with Crippen LogP contribution in [0.3, 0.4) is 0 Å². The lowest BCUT2D eigenvalue weighted by molar-refractivity contribution is 0.933. The zero-order valence-electron chi connectivity index (χ0n) is 12.1. The molecule has 1 aromatic carbocycles. The van der Waals surface area contributed by atoms with Crippen molar-refractivity contribution in [2.75, 3.05) is 0 Å². The highest BCUT2D eigenvalue weighted by atomic mass is 32.2. The fourth-order valence-electron chi connectivity index (χ4n) is 2.53. The van der Waals surface area contributed by atoms with Crippen molar-refractivity contribution in [1.29, 1.82) is 0 Å². The molecule has 0 atom stereocenters.